The van der Waals surface area contributed by atoms with Crippen molar-refractivity contribution in [2.45, 2.75) is 0 Å². The van der Waals surface area contributed by atoms with Gasteiger partial charge in [0, 0.05) is 21.6 Å². The average molecular weight is 295 g/mol. The number of nitrogens with zero attached hydrogens (tertiary/aromatic N) is 1. The molecule has 0 amide bonds. The van der Waals surface area contributed by atoms with E-state index in [0.717, 1.165) is 27.2 Å². The minimum absolute atomic E-state index is 0.943. The first-order valence-corrected chi connectivity index (χ1v) is 7.69. The first-order valence-electron chi connectivity index (χ1n) is 7.69. The van der Waals surface area contributed by atoms with Crippen molar-refractivity contribution in [3.63, 3.8) is 0 Å². The molecule has 0 saturated heterocycles. The van der Waals surface area contributed by atoms with Gasteiger partial charge in [0.2, 0.25) is 0 Å². The van der Waals surface area contributed by atoms with E-state index < -0.39 is 0 Å². The third kappa shape index (κ3) is 2.18. The van der Waals surface area contributed by atoms with Crippen molar-refractivity contribution in [1.82, 2.24) is 4.57 Å². The van der Waals surface area contributed by atoms with Crippen LogP contribution < -0.4 is 10.6 Å². The molecule has 1 heteroatoms. The zero-order valence-corrected chi connectivity index (χ0v) is 12.9. The van der Waals surface area contributed by atoms with E-state index in [1.54, 1.807) is 0 Å². The van der Waals surface area contributed by atoms with E-state index in [1.807, 2.05) is 12.1 Å². The van der Waals surface area contributed by atoms with Gasteiger partial charge in [-0.25, -0.2) is 0 Å². The van der Waals surface area contributed by atoms with Gasteiger partial charge in [0.15, 0.2) is 0 Å². The van der Waals surface area contributed by atoms with Gasteiger partial charge in [-0.2, -0.15) is 0 Å². The van der Waals surface area contributed by atoms with Gasteiger partial charge in [0.25, 0.3) is 0 Å². The molecule has 3 aromatic carbocycles. The Morgan fingerprint density at radius 2 is 1.22 bits per heavy atom. The van der Waals surface area contributed by atoms with Crippen molar-refractivity contribution in [2.75, 3.05) is 0 Å². The Hall–Kier alpha value is -3.06. The molecule has 0 aliphatic heterocycles. The predicted molar refractivity (Wildman–Crippen MR) is 99.0 cm³/mol. The topological polar surface area (TPSA) is 4.93 Å². The molecular weight excluding hydrogens is 278 g/mol. The Kier molecular flexibility index (Phi) is 3.13. The number of benzene rings is 3. The van der Waals surface area contributed by atoms with Crippen LogP contribution in [0.5, 0.6) is 0 Å². The maximum Gasteiger partial charge on any atom is 0.0540 e. The molecule has 1 nitrogen and oxygen atoms in total. The standard InChI is InChI=1S/C22H17N/c1-16-17(2)23(22-11-7-6-10-21(16)22)20-14-12-19(13-15-20)18-8-4-3-5-9-18/h3-15H,1-2H2. The van der Waals surface area contributed by atoms with E-state index in [2.05, 4.69) is 84.5 Å². The van der Waals surface area contributed by atoms with E-state index in [9.17, 15) is 0 Å². The minimum Gasteiger partial charge on any atom is -0.310 e. The molecule has 0 fully saturated rings. The van der Waals surface area contributed by atoms with Crippen LogP contribution in [0.25, 0.3) is 40.9 Å². The van der Waals surface area contributed by atoms with Crippen molar-refractivity contribution in [1.29, 1.82) is 0 Å². The van der Waals surface area contributed by atoms with E-state index in [-0.39, 0.29) is 0 Å². The number of aromatic nitrogens is 1. The highest BCUT2D eigenvalue weighted by Crippen LogP contribution is 2.21. The number of hydrogen-bond donors (Lipinski definition) is 0. The zero-order valence-electron chi connectivity index (χ0n) is 12.9. The number of fused-ring (bicyclic) bond motifs is 1. The van der Waals surface area contributed by atoms with Crippen molar-refractivity contribution in [2.24, 2.45) is 0 Å². The Bertz CT molecular complexity index is 1070. The molecular formula is C22H17N. The molecule has 0 N–H and O–H groups in total. The van der Waals surface area contributed by atoms with Gasteiger partial charge in [-0.1, -0.05) is 73.8 Å². The van der Waals surface area contributed by atoms with Gasteiger partial charge in [0.1, 0.15) is 0 Å². The SMILES string of the molecule is C=c1c(=C)n(-c2ccc(-c3ccccc3)cc2)c2ccccc12. The summed E-state index contributed by atoms with van der Waals surface area (Å²) in [7, 11) is 0. The third-order valence-corrected chi connectivity index (χ3v) is 4.32. The second-order valence-electron chi connectivity index (χ2n) is 5.69. The monoisotopic (exact) mass is 295 g/mol. The number of rotatable bonds is 2. The molecule has 0 saturated carbocycles. The fourth-order valence-corrected chi connectivity index (χ4v) is 3.09. The van der Waals surface area contributed by atoms with Gasteiger partial charge < -0.3 is 4.57 Å². The molecule has 0 aliphatic carbocycles. The molecule has 110 valence electrons. The van der Waals surface area contributed by atoms with Gasteiger partial charge in [0.05, 0.1) is 5.52 Å². The summed E-state index contributed by atoms with van der Waals surface area (Å²) >= 11 is 0. The average Bonchev–Trinajstić information content (AvgIpc) is 2.87. The lowest BCUT2D eigenvalue weighted by Gasteiger charge is -2.08. The second-order valence-corrected chi connectivity index (χ2v) is 5.69. The predicted octanol–water partition coefficient (Wildman–Crippen LogP) is 4.12. The van der Waals surface area contributed by atoms with E-state index in [1.165, 1.54) is 11.1 Å². The Morgan fingerprint density at radius 1 is 0.609 bits per heavy atom. The van der Waals surface area contributed by atoms with Crippen LogP contribution in [0, 0.1) is 0 Å². The third-order valence-electron chi connectivity index (χ3n) is 4.32. The van der Waals surface area contributed by atoms with Crippen LogP contribution in [0.3, 0.4) is 0 Å². The van der Waals surface area contributed by atoms with Crippen molar-refractivity contribution in [3.05, 3.63) is 89.4 Å². The normalized spacial score (nSPS) is 11.0. The highest BCUT2D eigenvalue weighted by Gasteiger charge is 2.07. The van der Waals surface area contributed by atoms with Gasteiger partial charge in [-0.15, -0.1) is 0 Å². The van der Waals surface area contributed by atoms with Gasteiger partial charge in [-0.3, -0.25) is 0 Å². The van der Waals surface area contributed by atoms with E-state index >= 15 is 0 Å². The summed E-state index contributed by atoms with van der Waals surface area (Å²) < 4.78 is 2.17. The zero-order chi connectivity index (χ0) is 15.8. The molecule has 0 atom stereocenters. The highest BCUT2D eigenvalue weighted by atomic mass is 15.0. The second kappa shape index (κ2) is 5.29. The fraction of sp³-hybridized carbons (Fsp3) is 0. The first-order chi connectivity index (χ1) is 11.3. The van der Waals surface area contributed by atoms with E-state index in [4.69, 9.17) is 0 Å². The smallest absolute Gasteiger partial charge is 0.0540 e. The van der Waals surface area contributed by atoms with Crippen LogP contribution >= 0.6 is 0 Å². The Morgan fingerprint density at radius 3 is 1.96 bits per heavy atom. The Labute approximate surface area is 135 Å². The van der Waals surface area contributed by atoms with Gasteiger partial charge in [-0.05, 0) is 29.3 Å². The largest absolute Gasteiger partial charge is 0.310 e. The molecule has 1 aromatic heterocycles. The van der Waals surface area contributed by atoms with Gasteiger partial charge >= 0.3 is 0 Å². The first kappa shape index (κ1) is 13.6. The lowest BCUT2D eigenvalue weighted by atomic mass is 10.1. The maximum absolute atomic E-state index is 4.21. The van der Waals surface area contributed by atoms with Crippen LogP contribution in [0.2, 0.25) is 0 Å². The summed E-state index contributed by atoms with van der Waals surface area (Å²) in [5.41, 5.74) is 4.70. The molecule has 0 radical (unpaired) electrons. The molecule has 0 unspecified atom stereocenters. The van der Waals surface area contributed by atoms with Crippen LogP contribution in [-0.4, -0.2) is 4.57 Å². The maximum atomic E-state index is 4.21. The molecule has 23 heavy (non-hydrogen) atoms. The summed E-state index contributed by atoms with van der Waals surface area (Å²) in [6.45, 7) is 8.39. The summed E-state index contributed by atoms with van der Waals surface area (Å²) in [6.07, 6.45) is 0. The summed E-state index contributed by atoms with van der Waals surface area (Å²) in [5, 5.41) is 3.09. The van der Waals surface area contributed by atoms with Crippen molar-refractivity contribution in [3.8, 4) is 16.8 Å². The lowest BCUT2D eigenvalue weighted by Crippen LogP contribution is -2.25. The fourth-order valence-electron chi connectivity index (χ4n) is 3.09. The number of hydrogen-bond acceptors (Lipinski definition) is 0. The van der Waals surface area contributed by atoms with Crippen molar-refractivity contribution < 1.29 is 0 Å². The number of para-hydroxylation sites is 1. The molecule has 0 spiro atoms. The molecule has 0 bridgehead atoms. The van der Waals surface area contributed by atoms with Crippen LogP contribution in [0.4, 0.5) is 0 Å². The summed E-state index contributed by atoms with van der Waals surface area (Å²) in [5.74, 6) is 0. The molecule has 4 aromatic rings. The molecule has 4 rings (SSSR count). The van der Waals surface area contributed by atoms with E-state index in [0.29, 0.717) is 0 Å². The summed E-state index contributed by atoms with van der Waals surface area (Å²) in [4.78, 5) is 0. The molecule has 0 aliphatic rings. The van der Waals surface area contributed by atoms with Crippen LogP contribution in [-0.2, 0) is 0 Å². The quantitative estimate of drug-likeness (QED) is 0.524. The Balaban J connectivity index is 1.88. The van der Waals surface area contributed by atoms with Crippen LogP contribution in [0.15, 0.2) is 78.9 Å². The summed E-state index contributed by atoms with van der Waals surface area (Å²) in [6, 6.07) is 27.3. The molecule has 1 heterocycles. The van der Waals surface area contributed by atoms with Crippen molar-refractivity contribution >= 4 is 24.1 Å². The lowest BCUT2D eigenvalue weighted by molar-refractivity contribution is 1.07. The minimum atomic E-state index is 0.943. The highest BCUT2D eigenvalue weighted by molar-refractivity contribution is 5.83. The van der Waals surface area contributed by atoms with Crippen LogP contribution in [0.1, 0.15) is 0 Å².